The van der Waals surface area contributed by atoms with Crippen LogP contribution in [0.25, 0.3) is 0 Å². The first kappa shape index (κ1) is 8.49. The van der Waals surface area contributed by atoms with Gasteiger partial charge in [-0.2, -0.15) is 0 Å². The van der Waals surface area contributed by atoms with Gasteiger partial charge in [-0.15, -0.1) is 0 Å². The Balaban J connectivity index is 2.10. The molecule has 1 atom stereocenters. The minimum Gasteiger partial charge on any atom is -0.392 e. The molecule has 11 heavy (non-hydrogen) atoms. The summed E-state index contributed by atoms with van der Waals surface area (Å²) < 4.78 is 0. The van der Waals surface area contributed by atoms with Gasteiger partial charge in [-0.05, 0) is 6.92 Å². The van der Waals surface area contributed by atoms with Gasteiger partial charge < -0.3 is 15.7 Å². The van der Waals surface area contributed by atoms with Crippen molar-refractivity contribution in [2.45, 2.75) is 13.0 Å². The third kappa shape index (κ3) is 2.48. The lowest BCUT2D eigenvalue weighted by atomic mass is 10.0. The molecule has 3 N–H and O–H groups in total. The molecule has 1 rings (SSSR count). The van der Waals surface area contributed by atoms with Gasteiger partial charge in [0.15, 0.2) is 0 Å². The van der Waals surface area contributed by atoms with Crippen LogP contribution in [0.3, 0.4) is 0 Å². The van der Waals surface area contributed by atoms with Gasteiger partial charge in [0.05, 0.1) is 12.0 Å². The summed E-state index contributed by atoms with van der Waals surface area (Å²) in [5, 5.41) is 14.5. The molecular formula is C7H14N2O2. The summed E-state index contributed by atoms with van der Waals surface area (Å²) >= 11 is 0. The monoisotopic (exact) mass is 158 g/mol. The van der Waals surface area contributed by atoms with Gasteiger partial charge >= 0.3 is 0 Å². The maximum Gasteiger partial charge on any atom is 0.225 e. The summed E-state index contributed by atoms with van der Waals surface area (Å²) in [7, 11) is 0. The normalized spacial score (nSPS) is 20.5. The molecular weight excluding hydrogens is 144 g/mol. The molecule has 0 radical (unpaired) electrons. The Morgan fingerprint density at radius 2 is 2.45 bits per heavy atom. The van der Waals surface area contributed by atoms with E-state index in [1.165, 1.54) is 0 Å². The molecule has 1 heterocycles. The third-order valence-electron chi connectivity index (χ3n) is 1.72. The fourth-order valence-electron chi connectivity index (χ4n) is 0.867. The molecule has 1 aliphatic rings. The number of hydrogen-bond acceptors (Lipinski definition) is 3. The summed E-state index contributed by atoms with van der Waals surface area (Å²) in [5.74, 6) is 0.165. The molecule has 1 amide bonds. The predicted octanol–water partition coefficient (Wildman–Crippen LogP) is -1.30. The maximum absolute atomic E-state index is 11.1. The standard InChI is InChI=1S/C7H14N2O2/c1-5(10)2-9-7(11)6-3-8-4-6/h5-6,8,10H,2-4H2,1H3,(H,9,11)/t5-/m0/s1. The van der Waals surface area contributed by atoms with Gasteiger partial charge in [-0.25, -0.2) is 0 Å². The van der Waals surface area contributed by atoms with E-state index in [-0.39, 0.29) is 11.8 Å². The van der Waals surface area contributed by atoms with Crippen molar-refractivity contribution in [3.63, 3.8) is 0 Å². The Kier molecular flexibility index (Phi) is 2.84. The molecule has 1 fully saturated rings. The highest BCUT2D eigenvalue weighted by Crippen LogP contribution is 2.01. The Bertz CT molecular complexity index is 143. The number of hydrogen-bond donors (Lipinski definition) is 3. The number of rotatable bonds is 3. The molecule has 64 valence electrons. The van der Waals surface area contributed by atoms with Crippen LogP contribution in [-0.2, 0) is 4.79 Å². The molecule has 0 bridgehead atoms. The SMILES string of the molecule is C[C@H](O)CNC(=O)C1CNC1. The number of aliphatic hydroxyl groups excluding tert-OH is 1. The first-order valence-corrected chi connectivity index (χ1v) is 3.86. The van der Waals surface area contributed by atoms with Gasteiger partial charge in [-0.3, -0.25) is 4.79 Å². The van der Waals surface area contributed by atoms with E-state index < -0.39 is 6.10 Å². The number of aliphatic hydroxyl groups is 1. The summed E-state index contributed by atoms with van der Waals surface area (Å²) in [6, 6.07) is 0. The van der Waals surface area contributed by atoms with Crippen molar-refractivity contribution in [3.8, 4) is 0 Å². The van der Waals surface area contributed by atoms with E-state index in [9.17, 15) is 4.79 Å². The molecule has 0 spiro atoms. The smallest absolute Gasteiger partial charge is 0.225 e. The molecule has 0 saturated carbocycles. The fourth-order valence-corrected chi connectivity index (χ4v) is 0.867. The van der Waals surface area contributed by atoms with Crippen LogP contribution >= 0.6 is 0 Å². The molecule has 0 aromatic heterocycles. The van der Waals surface area contributed by atoms with Crippen LogP contribution in [0.4, 0.5) is 0 Å². The van der Waals surface area contributed by atoms with E-state index in [1.54, 1.807) is 6.92 Å². The second kappa shape index (κ2) is 3.69. The van der Waals surface area contributed by atoms with E-state index in [0.29, 0.717) is 6.54 Å². The van der Waals surface area contributed by atoms with Gasteiger partial charge in [0, 0.05) is 19.6 Å². The second-order valence-corrected chi connectivity index (χ2v) is 2.95. The minimum absolute atomic E-state index is 0.0460. The van der Waals surface area contributed by atoms with Gasteiger partial charge in [0.2, 0.25) is 5.91 Å². The summed E-state index contributed by atoms with van der Waals surface area (Å²) in [6.45, 7) is 3.55. The van der Waals surface area contributed by atoms with Gasteiger partial charge in [-0.1, -0.05) is 0 Å². The molecule has 0 unspecified atom stereocenters. The Hall–Kier alpha value is -0.610. The molecule has 0 aliphatic carbocycles. The zero-order valence-electron chi connectivity index (χ0n) is 6.63. The first-order chi connectivity index (χ1) is 5.20. The predicted molar refractivity (Wildman–Crippen MR) is 41.1 cm³/mol. The van der Waals surface area contributed by atoms with E-state index >= 15 is 0 Å². The van der Waals surface area contributed by atoms with Crippen LogP contribution in [0.1, 0.15) is 6.92 Å². The highest BCUT2D eigenvalue weighted by Gasteiger charge is 2.24. The van der Waals surface area contributed by atoms with Crippen LogP contribution in [0.15, 0.2) is 0 Å². The molecule has 0 aromatic rings. The Labute approximate surface area is 66.0 Å². The van der Waals surface area contributed by atoms with E-state index in [1.807, 2.05) is 0 Å². The average molecular weight is 158 g/mol. The fraction of sp³-hybridized carbons (Fsp3) is 0.857. The Morgan fingerprint density at radius 3 is 2.82 bits per heavy atom. The Morgan fingerprint density at radius 1 is 1.82 bits per heavy atom. The largest absolute Gasteiger partial charge is 0.392 e. The average Bonchev–Trinajstić information content (AvgIpc) is 1.79. The van der Waals surface area contributed by atoms with Gasteiger partial charge in [0.1, 0.15) is 0 Å². The zero-order chi connectivity index (χ0) is 8.27. The number of amides is 1. The number of carbonyl (C=O) groups is 1. The lowest BCUT2D eigenvalue weighted by molar-refractivity contribution is -0.126. The van der Waals surface area contributed by atoms with Crippen LogP contribution in [0.2, 0.25) is 0 Å². The van der Waals surface area contributed by atoms with Crippen molar-refractivity contribution in [1.29, 1.82) is 0 Å². The molecule has 4 nitrogen and oxygen atoms in total. The number of nitrogens with one attached hydrogen (secondary N) is 2. The van der Waals surface area contributed by atoms with Gasteiger partial charge in [0.25, 0.3) is 0 Å². The summed E-state index contributed by atoms with van der Waals surface area (Å²) in [4.78, 5) is 11.1. The van der Waals surface area contributed by atoms with E-state index in [4.69, 9.17) is 5.11 Å². The van der Waals surface area contributed by atoms with Crippen LogP contribution in [0.5, 0.6) is 0 Å². The molecule has 1 aliphatic heterocycles. The molecule has 0 aromatic carbocycles. The van der Waals surface area contributed by atoms with Crippen LogP contribution < -0.4 is 10.6 Å². The summed E-state index contributed by atoms with van der Waals surface area (Å²) in [6.07, 6.45) is -0.452. The lowest BCUT2D eigenvalue weighted by Crippen LogP contribution is -2.51. The molecule has 4 heteroatoms. The van der Waals surface area contributed by atoms with Crippen LogP contribution in [-0.4, -0.2) is 36.8 Å². The quantitative estimate of drug-likeness (QED) is 0.478. The maximum atomic E-state index is 11.1. The number of carbonyl (C=O) groups excluding carboxylic acids is 1. The highest BCUT2D eigenvalue weighted by molar-refractivity contribution is 5.79. The summed E-state index contributed by atoms with van der Waals surface area (Å²) in [5.41, 5.74) is 0. The lowest BCUT2D eigenvalue weighted by Gasteiger charge is -2.25. The van der Waals surface area contributed by atoms with E-state index in [2.05, 4.69) is 10.6 Å². The minimum atomic E-state index is -0.452. The zero-order valence-corrected chi connectivity index (χ0v) is 6.63. The topological polar surface area (TPSA) is 61.4 Å². The third-order valence-corrected chi connectivity index (χ3v) is 1.72. The first-order valence-electron chi connectivity index (χ1n) is 3.86. The van der Waals surface area contributed by atoms with Crippen molar-refractivity contribution >= 4 is 5.91 Å². The van der Waals surface area contributed by atoms with E-state index in [0.717, 1.165) is 13.1 Å². The van der Waals surface area contributed by atoms with Crippen molar-refractivity contribution in [2.24, 2.45) is 5.92 Å². The van der Waals surface area contributed by atoms with Crippen molar-refractivity contribution in [2.75, 3.05) is 19.6 Å². The highest BCUT2D eigenvalue weighted by atomic mass is 16.3. The van der Waals surface area contributed by atoms with Crippen molar-refractivity contribution in [3.05, 3.63) is 0 Å². The van der Waals surface area contributed by atoms with Crippen molar-refractivity contribution in [1.82, 2.24) is 10.6 Å². The van der Waals surface area contributed by atoms with Crippen molar-refractivity contribution < 1.29 is 9.90 Å². The molecule has 1 saturated heterocycles. The second-order valence-electron chi connectivity index (χ2n) is 2.95. The van der Waals surface area contributed by atoms with Crippen LogP contribution in [0, 0.1) is 5.92 Å².